The van der Waals surface area contributed by atoms with E-state index in [1.54, 1.807) is 11.3 Å². The molecule has 0 saturated carbocycles. The van der Waals surface area contributed by atoms with E-state index in [0.29, 0.717) is 6.04 Å². The fourth-order valence-corrected chi connectivity index (χ4v) is 4.06. The van der Waals surface area contributed by atoms with Gasteiger partial charge in [0.15, 0.2) is 0 Å². The van der Waals surface area contributed by atoms with Gasteiger partial charge in [-0.3, -0.25) is 0 Å². The van der Waals surface area contributed by atoms with Crippen LogP contribution in [0.5, 0.6) is 0 Å². The van der Waals surface area contributed by atoms with Crippen molar-refractivity contribution in [3.8, 4) is 10.4 Å². The molecule has 1 atom stereocenters. The van der Waals surface area contributed by atoms with E-state index >= 15 is 0 Å². The van der Waals surface area contributed by atoms with Crippen molar-refractivity contribution >= 4 is 38.6 Å². The zero-order valence-corrected chi connectivity index (χ0v) is 14.9. The Hall–Kier alpha value is -0.940. The Balaban J connectivity index is 1.61. The van der Waals surface area contributed by atoms with E-state index in [9.17, 15) is 0 Å². The Morgan fingerprint density at radius 2 is 1.95 bits per heavy atom. The number of benzene rings is 1. The first kappa shape index (κ1) is 15.0. The third kappa shape index (κ3) is 3.83. The van der Waals surface area contributed by atoms with Crippen LogP contribution < -0.4 is 5.32 Å². The molecule has 4 heteroatoms. The molecule has 0 bridgehead atoms. The second kappa shape index (κ2) is 6.88. The van der Waals surface area contributed by atoms with Gasteiger partial charge in [-0.15, -0.1) is 22.7 Å². The topological polar surface area (TPSA) is 12.0 Å². The van der Waals surface area contributed by atoms with Gasteiger partial charge in [-0.05, 0) is 47.5 Å². The fourth-order valence-electron chi connectivity index (χ4n) is 2.17. The lowest BCUT2D eigenvalue weighted by molar-refractivity contribution is 0.579. The predicted octanol–water partition coefficient (Wildman–Crippen LogP) is 6.09. The lowest BCUT2D eigenvalue weighted by Crippen LogP contribution is -2.17. The summed E-state index contributed by atoms with van der Waals surface area (Å²) in [7, 11) is 0. The van der Waals surface area contributed by atoms with Gasteiger partial charge in [0.25, 0.3) is 0 Å². The maximum absolute atomic E-state index is 3.59. The largest absolute Gasteiger partial charge is 0.305 e. The Kier molecular flexibility index (Phi) is 4.91. The normalized spacial score (nSPS) is 12.5. The second-order valence-corrected chi connectivity index (χ2v) is 7.79. The third-order valence-corrected chi connectivity index (χ3v) is 5.80. The molecule has 2 aromatic heterocycles. The van der Waals surface area contributed by atoms with Crippen LogP contribution in [0, 0.1) is 0 Å². The van der Waals surface area contributed by atoms with E-state index in [1.165, 1.54) is 20.9 Å². The van der Waals surface area contributed by atoms with E-state index in [4.69, 9.17) is 0 Å². The van der Waals surface area contributed by atoms with Gasteiger partial charge in [-0.25, -0.2) is 0 Å². The minimum Gasteiger partial charge on any atom is -0.305 e. The molecule has 0 spiro atoms. The molecule has 3 rings (SSSR count). The summed E-state index contributed by atoms with van der Waals surface area (Å²) in [6, 6.07) is 15.4. The highest BCUT2D eigenvalue weighted by atomic mass is 79.9. The number of halogens is 1. The highest BCUT2D eigenvalue weighted by molar-refractivity contribution is 9.10. The minimum atomic E-state index is 0.352. The summed E-state index contributed by atoms with van der Waals surface area (Å²) in [5.41, 5.74) is 2.65. The van der Waals surface area contributed by atoms with Crippen LogP contribution in [0.1, 0.15) is 23.4 Å². The van der Waals surface area contributed by atoms with Gasteiger partial charge < -0.3 is 5.32 Å². The summed E-state index contributed by atoms with van der Waals surface area (Å²) in [6.07, 6.45) is 0. The van der Waals surface area contributed by atoms with E-state index < -0.39 is 0 Å². The third-order valence-electron chi connectivity index (χ3n) is 3.41. The zero-order chi connectivity index (χ0) is 14.7. The van der Waals surface area contributed by atoms with Crippen molar-refractivity contribution in [1.82, 2.24) is 5.32 Å². The maximum Gasteiger partial charge on any atom is 0.0351 e. The highest BCUT2D eigenvalue weighted by Gasteiger charge is 2.07. The molecular formula is C17H16BrNS2. The van der Waals surface area contributed by atoms with E-state index in [1.807, 2.05) is 11.3 Å². The summed E-state index contributed by atoms with van der Waals surface area (Å²) in [4.78, 5) is 2.72. The van der Waals surface area contributed by atoms with Crippen LogP contribution in [-0.2, 0) is 6.54 Å². The number of thiophene rings is 2. The molecule has 2 heterocycles. The van der Waals surface area contributed by atoms with Crippen molar-refractivity contribution in [2.24, 2.45) is 0 Å². The Morgan fingerprint density at radius 3 is 2.67 bits per heavy atom. The number of nitrogens with one attached hydrogen (secondary N) is 1. The minimum absolute atomic E-state index is 0.352. The average molecular weight is 378 g/mol. The summed E-state index contributed by atoms with van der Waals surface area (Å²) in [5.74, 6) is 0. The van der Waals surface area contributed by atoms with Crippen molar-refractivity contribution in [1.29, 1.82) is 0 Å². The Labute approximate surface area is 141 Å². The molecule has 0 aliphatic rings. The van der Waals surface area contributed by atoms with Crippen LogP contribution in [-0.4, -0.2) is 0 Å². The molecule has 21 heavy (non-hydrogen) atoms. The lowest BCUT2D eigenvalue weighted by Gasteiger charge is -2.13. The standard InChI is InChI=1S/C17H16BrNS2/c1-12(13-4-6-15(18)7-5-13)19-10-16-9-14(11-21-16)17-3-2-8-20-17/h2-9,11-12,19H,10H2,1H3/t12-/m1/s1. The van der Waals surface area contributed by atoms with Crippen molar-refractivity contribution in [2.45, 2.75) is 19.5 Å². The maximum atomic E-state index is 3.59. The van der Waals surface area contributed by atoms with Gasteiger partial charge in [-0.1, -0.05) is 34.1 Å². The van der Waals surface area contributed by atoms with Crippen molar-refractivity contribution in [2.75, 3.05) is 0 Å². The van der Waals surface area contributed by atoms with Gasteiger partial charge in [0, 0.05) is 32.4 Å². The Morgan fingerprint density at radius 1 is 1.14 bits per heavy atom. The molecule has 108 valence electrons. The molecule has 0 fully saturated rings. The molecule has 0 saturated heterocycles. The molecule has 1 aromatic carbocycles. The van der Waals surface area contributed by atoms with Crippen molar-refractivity contribution in [3.63, 3.8) is 0 Å². The summed E-state index contributed by atoms with van der Waals surface area (Å²) in [6.45, 7) is 3.12. The van der Waals surface area contributed by atoms with Crippen molar-refractivity contribution in [3.05, 3.63) is 68.1 Å². The van der Waals surface area contributed by atoms with E-state index in [0.717, 1.165) is 11.0 Å². The van der Waals surface area contributed by atoms with E-state index in [2.05, 4.69) is 81.4 Å². The fraction of sp³-hybridized carbons (Fsp3) is 0.176. The molecule has 0 amide bonds. The average Bonchev–Trinajstić information content (AvgIpc) is 3.16. The van der Waals surface area contributed by atoms with E-state index in [-0.39, 0.29) is 0 Å². The predicted molar refractivity (Wildman–Crippen MR) is 97.0 cm³/mol. The van der Waals surface area contributed by atoms with Gasteiger partial charge in [0.2, 0.25) is 0 Å². The van der Waals surface area contributed by atoms with Gasteiger partial charge in [0.1, 0.15) is 0 Å². The highest BCUT2D eigenvalue weighted by Crippen LogP contribution is 2.29. The summed E-state index contributed by atoms with van der Waals surface area (Å²) in [5, 5.41) is 7.96. The van der Waals surface area contributed by atoms with Gasteiger partial charge in [0.05, 0.1) is 0 Å². The number of rotatable bonds is 5. The molecular weight excluding hydrogens is 362 g/mol. The molecule has 1 nitrogen and oxygen atoms in total. The van der Waals surface area contributed by atoms with Crippen LogP contribution in [0.25, 0.3) is 10.4 Å². The van der Waals surface area contributed by atoms with Gasteiger partial charge in [-0.2, -0.15) is 0 Å². The monoisotopic (exact) mass is 377 g/mol. The lowest BCUT2D eigenvalue weighted by atomic mass is 10.1. The SMILES string of the molecule is C[C@@H](NCc1cc(-c2cccs2)cs1)c1ccc(Br)cc1. The molecule has 0 unspecified atom stereocenters. The summed E-state index contributed by atoms with van der Waals surface area (Å²) < 4.78 is 1.12. The molecule has 0 aliphatic carbocycles. The zero-order valence-electron chi connectivity index (χ0n) is 11.7. The second-order valence-electron chi connectivity index (χ2n) is 4.93. The molecule has 1 N–H and O–H groups in total. The number of hydrogen-bond acceptors (Lipinski definition) is 3. The summed E-state index contributed by atoms with van der Waals surface area (Å²) >= 11 is 7.09. The Bertz CT molecular complexity index is 686. The van der Waals surface area contributed by atoms with Crippen LogP contribution in [0.15, 0.2) is 57.7 Å². The molecule has 0 aliphatic heterocycles. The first-order valence-electron chi connectivity index (χ1n) is 6.82. The quantitative estimate of drug-likeness (QED) is 0.567. The van der Waals surface area contributed by atoms with Gasteiger partial charge >= 0.3 is 0 Å². The molecule has 3 aromatic rings. The van der Waals surface area contributed by atoms with Crippen LogP contribution in [0.3, 0.4) is 0 Å². The number of hydrogen-bond donors (Lipinski definition) is 1. The van der Waals surface area contributed by atoms with Crippen LogP contribution >= 0.6 is 38.6 Å². The van der Waals surface area contributed by atoms with Crippen LogP contribution in [0.2, 0.25) is 0 Å². The molecule has 0 radical (unpaired) electrons. The first-order valence-corrected chi connectivity index (χ1v) is 9.38. The van der Waals surface area contributed by atoms with Crippen molar-refractivity contribution < 1.29 is 0 Å². The smallest absolute Gasteiger partial charge is 0.0351 e. The van der Waals surface area contributed by atoms with Crippen LogP contribution in [0.4, 0.5) is 0 Å². The first-order chi connectivity index (χ1) is 10.2.